The number of hydrogen-bond donors (Lipinski definition) is 2. The van der Waals surface area contributed by atoms with Crippen molar-refractivity contribution >= 4 is 41.6 Å². The lowest BCUT2D eigenvalue weighted by Gasteiger charge is -2.38. The van der Waals surface area contributed by atoms with Crippen LogP contribution in [-0.2, 0) is 11.2 Å². The minimum atomic E-state index is -0.461. The van der Waals surface area contributed by atoms with Gasteiger partial charge >= 0.3 is 0 Å². The van der Waals surface area contributed by atoms with E-state index in [-0.39, 0.29) is 30.7 Å². The van der Waals surface area contributed by atoms with E-state index in [0.717, 1.165) is 48.7 Å². The van der Waals surface area contributed by atoms with Crippen LogP contribution in [0.2, 0.25) is 0 Å². The molecule has 2 aromatic rings. The minimum absolute atomic E-state index is 0. The number of H-pyrrole nitrogens is 1. The van der Waals surface area contributed by atoms with Crippen LogP contribution in [0.1, 0.15) is 31.2 Å². The number of rotatable bonds is 4. The molecule has 2 aliphatic rings. The van der Waals surface area contributed by atoms with Crippen molar-refractivity contribution in [2.24, 2.45) is 5.73 Å². The molecule has 7 heteroatoms. The molecule has 150 valence electrons. The number of carbonyl (C=O) groups is 1. The number of aromatic amines is 1. The Hall–Kier alpha value is -1.27. The van der Waals surface area contributed by atoms with E-state index in [4.69, 9.17) is 5.73 Å². The maximum Gasteiger partial charge on any atom is 0.239 e. The molecule has 1 aliphatic heterocycles. The Labute approximate surface area is 173 Å². The summed E-state index contributed by atoms with van der Waals surface area (Å²) in [4.78, 5) is 20.6. The zero-order chi connectivity index (χ0) is 17.2. The first-order valence-corrected chi connectivity index (χ1v) is 9.56. The second kappa shape index (κ2) is 9.78. The Bertz CT molecular complexity index is 736. The smallest absolute Gasteiger partial charge is 0.239 e. The monoisotopic (exact) mass is 412 g/mol. The molecule has 3 N–H and O–H groups in total. The molecule has 5 nitrogen and oxygen atoms in total. The molecule has 1 atom stereocenters. The van der Waals surface area contributed by atoms with Crippen molar-refractivity contribution in [1.29, 1.82) is 0 Å². The first-order chi connectivity index (χ1) is 12.2. The van der Waals surface area contributed by atoms with E-state index in [2.05, 4.69) is 22.0 Å². The average Bonchev–Trinajstić information content (AvgIpc) is 3.32. The molecule has 0 spiro atoms. The molecule has 0 bridgehead atoms. The van der Waals surface area contributed by atoms with Crippen LogP contribution in [0.5, 0.6) is 0 Å². The summed E-state index contributed by atoms with van der Waals surface area (Å²) in [5, 5.41) is 1.16. The highest BCUT2D eigenvalue weighted by atomic mass is 35.5. The molecule has 4 rings (SSSR count). The third-order valence-electron chi connectivity index (χ3n) is 5.90. The number of aromatic nitrogens is 1. The van der Waals surface area contributed by atoms with Crippen molar-refractivity contribution in [3.8, 4) is 0 Å². The van der Waals surface area contributed by atoms with E-state index >= 15 is 0 Å². The standard InChI is InChI=1S/C20H28N4O.2ClH/c21-18(13-15-14-22-19-8-4-3-7-17(15)19)20(25)24-11-9-23(10-12-24)16-5-1-2-6-16;;/h3-4,7-8,14,16,18,22H,1-2,5-6,9-13,21H2;2*1H/t18-;;/m0../s1. The highest BCUT2D eigenvalue weighted by molar-refractivity contribution is 5.86. The van der Waals surface area contributed by atoms with Gasteiger partial charge in [-0.15, -0.1) is 24.8 Å². The van der Waals surface area contributed by atoms with Crippen molar-refractivity contribution in [2.75, 3.05) is 26.2 Å². The van der Waals surface area contributed by atoms with Crippen molar-refractivity contribution < 1.29 is 4.79 Å². The molecule has 0 unspecified atom stereocenters. The van der Waals surface area contributed by atoms with Gasteiger partial charge in [0.1, 0.15) is 0 Å². The van der Waals surface area contributed by atoms with Gasteiger partial charge in [-0.2, -0.15) is 0 Å². The summed E-state index contributed by atoms with van der Waals surface area (Å²) < 4.78 is 0. The number of piperazine rings is 1. The van der Waals surface area contributed by atoms with E-state index in [1.165, 1.54) is 25.7 Å². The molecule has 2 fully saturated rings. The SMILES string of the molecule is Cl.Cl.N[C@@H](Cc1c[nH]c2ccccc12)C(=O)N1CCN(C2CCCC2)CC1. The number of carbonyl (C=O) groups excluding carboxylic acids is 1. The van der Waals surface area contributed by atoms with Crippen LogP contribution in [0.3, 0.4) is 0 Å². The van der Waals surface area contributed by atoms with Gasteiger partial charge in [0.2, 0.25) is 5.91 Å². The molecular formula is C20H30Cl2N4O. The van der Waals surface area contributed by atoms with E-state index < -0.39 is 6.04 Å². The number of halogens is 2. The highest BCUT2D eigenvalue weighted by Gasteiger charge is 2.29. The zero-order valence-electron chi connectivity index (χ0n) is 15.6. The van der Waals surface area contributed by atoms with Gasteiger partial charge < -0.3 is 15.6 Å². The average molecular weight is 413 g/mol. The van der Waals surface area contributed by atoms with Crippen LogP contribution in [0.25, 0.3) is 10.9 Å². The van der Waals surface area contributed by atoms with Gasteiger partial charge in [-0.1, -0.05) is 31.0 Å². The predicted octanol–water partition coefficient (Wildman–Crippen LogP) is 2.97. The molecular weight excluding hydrogens is 383 g/mol. The summed E-state index contributed by atoms with van der Waals surface area (Å²) >= 11 is 0. The molecule has 1 aliphatic carbocycles. The number of fused-ring (bicyclic) bond motifs is 1. The summed E-state index contributed by atoms with van der Waals surface area (Å²) in [5.41, 5.74) is 8.49. The van der Waals surface area contributed by atoms with Gasteiger partial charge in [0.05, 0.1) is 6.04 Å². The van der Waals surface area contributed by atoms with Crippen molar-refractivity contribution in [3.63, 3.8) is 0 Å². The predicted molar refractivity (Wildman–Crippen MR) is 115 cm³/mol. The van der Waals surface area contributed by atoms with Gasteiger partial charge in [-0.3, -0.25) is 9.69 Å². The lowest BCUT2D eigenvalue weighted by molar-refractivity contribution is -0.134. The second-order valence-corrected chi connectivity index (χ2v) is 7.47. The molecule has 1 aromatic carbocycles. The first kappa shape index (κ1) is 22.0. The Morgan fingerprint density at radius 3 is 2.48 bits per heavy atom. The Kier molecular flexibility index (Phi) is 7.98. The van der Waals surface area contributed by atoms with Gasteiger partial charge in [0, 0.05) is 49.3 Å². The van der Waals surface area contributed by atoms with Crippen LogP contribution < -0.4 is 5.73 Å². The first-order valence-electron chi connectivity index (χ1n) is 9.56. The van der Waals surface area contributed by atoms with Crippen LogP contribution in [0.4, 0.5) is 0 Å². The van der Waals surface area contributed by atoms with Crippen molar-refractivity contribution in [1.82, 2.24) is 14.8 Å². The molecule has 27 heavy (non-hydrogen) atoms. The number of para-hydroxylation sites is 1. The molecule has 1 saturated carbocycles. The van der Waals surface area contributed by atoms with Gasteiger partial charge in [0.25, 0.3) is 0 Å². The number of amides is 1. The topological polar surface area (TPSA) is 65.4 Å². The largest absolute Gasteiger partial charge is 0.361 e. The van der Waals surface area contributed by atoms with Crippen molar-refractivity contribution in [2.45, 2.75) is 44.2 Å². The summed E-state index contributed by atoms with van der Waals surface area (Å²) in [7, 11) is 0. The highest BCUT2D eigenvalue weighted by Crippen LogP contribution is 2.24. The maximum atomic E-state index is 12.8. The number of nitrogens with one attached hydrogen (secondary N) is 1. The van der Waals surface area contributed by atoms with Crippen molar-refractivity contribution in [3.05, 3.63) is 36.0 Å². The lowest BCUT2D eigenvalue weighted by atomic mass is 10.0. The summed E-state index contributed by atoms with van der Waals surface area (Å²) in [6.07, 6.45) is 7.95. The Morgan fingerprint density at radius 1 is 1.11 bits per heavy atom. The molecule has 2 heterocycles. The fraction of sp³-hybridized carbons (Fsp3) is 0.550. The fourth-order valence-electron chi connectivity index (χ4n) is 4.44. The Morgan fingerprint density at radius 2 is 1.78 bits per heavy atom. The van der Waals surface area contributed by atoms with Gasteiger partial charge in [-0.05, 0) is 30.9 Å². The minimum Gasteiger partial charge on any atom is -0.361 e. The van der Waals surface area contributed by atoms with E-state index in [1.807, 2.05) is 23.2 Å². The van der Waals surface area contributed by atoms with Gasteiger partial charge in [0.15, 0.2) is 0 Å². The zero-order valence-corrected chi connectivity index (χ0v) is 17.2. The van der Waals surface area contributed by atoms with E-state index in [9.17, 15) is 4.79 Å². The number of nitrogens with zero attached hydrogens (tertiary/aromatic N) is 2. The van der Waals surface area contributed by atoms with E-state index in [0.29, 0.717) is 6.42 Å². The lowest BCUT2D eigenvalue weighted by Crippen LogP contribution is -2.55. The third kappa shape index (κ3) is 4.77. The third-order valence-corrected chi connectivity index (χ3v) is 5.90. The van der Waals surface area contributed by atoms with Crippen LogP contribution >= 0.6 is 24.8 Å². The fourth-order valence-corrected chi connectivity index (χ4v) is 4.44. The molecule has 1 saturated heterocycles. The van der Waals surface area contributed by atoms with Gasteiger partial charge in [-0.25, -0.2) is 0 Å². The summed E-state index contributed by atoms with van der Waals surface area (Å²) in [5.74, 6) is 0.0938. The van der Waals surface area contributed by atoms with E-state index in [1.54, 1.807) is 0 Å². The summed E-state index contributed by atoms with van der Waals surface area (Å²) in [6, 6.07) is 8.45. The number of nitrogens with two attached hydrogens (primary N) is 1. The molecule has 1 aromatic heterocycles. The molecule has 1 amide bonds. The summed E-state index contributed by atoms with van der Waals surface area (Å²) in [6.45, 7) is 3.63. The normalized spacial score (nSPS) is 19.5. The van der Waals surface area contributed by atoms with Crippen LogP contribution in [-0.4, -0.2) is 59.0 Å². The van der Waals surface area contributed by atoms with Crippen LogP contribution in [0, 0.1) is 0 Å². The second-order valence-electron chi connectivity index (χ2n) is 7.47. The number of benzene rings is 1. The maximum absolute atomic E-state index is 12.8. The molecule has 0 radical (unpaired) electrons. The number of hydrogen-bond acceptors (Lipinski definition) is 3. The quantitative estimate of drug-likeness (QED) is 0.810. The van der Waals surface area contributed by atoms with Crippen LogP contribution in [0.15, 0.2) is 30.5 Å². The Balaban J connectivity index is 0.00000131.